The summed E-state index contributed by atoms with van der Waals surface area (Å²) in [7, 11) is 1.47. The largest absolute Gasteiger partial charge is 0.472 e. The second kappa shape index (κ2) is 47.4. The quantitative estimate of drug-likeness (QED) is 0.0156. The SMILES string of the molecule is CC/C=C/C=C/C=C/CCCCCCCCCC(=O)NC(COP(=O)(O)OCC[N+](C)(C)C)C(/C=C/CCCCCCCCCCCC)OC(=O)CCCCC/C=C\CCCCCCCCC. The molecule has 0 aromatic rings. The molecule has 0 fully saturated rings. The molecule has 0 heterocycles. The summed E-state index contributed by atoms with van der Waals surface area (Å²) in [5, 5.41) is 3.03. The summed E-state index contributed by atoms with van der Waals surface area (Å²) in [6.45, 7) is 6.85. The molecule has 0 aliphatic carbocycles. The number of quaternary nitrogens is 1. The van der Waals surface area contributed by atoms with Gasteiger partial charge in [0, 0.05) is 12.8 Å². The Hall–Kier alpha value is -2.29. The standard InChI is InChI=1S/C57H105N2O7P/c1-7-10-13-16-19-22-25-28-30-31-34-37-40-43-46-49-56(60)58-54(53-65-67(62,63)64-52-51-59(4,5)6)55(48-45-42-39-36-33-27-24-21-18-15-12-9-3)66-57(61)50-47-44-41-38-35-32-29-26-23-20-17-14-11-8-2/h10,13,16,19,22,25,32,35,45,48,54-55H,7-9,11-12,14-15,17-18,20-21,23-24,26-31,33-34,36-44,46-47,49-53H2,1-6H3,(H-,58,60,62,63)/p+1/b13-10+,19-16+,25-22+,35-32-,48-45+. The van der Waals surface area contributed by atoms with E-state index >= 15 is 0 Å². The number of nitrogens with zero attached hydrogens (tertiary/aromatic N) is 1. The van der Waals surface area contributed by atoms with Gasteiger partial charge in [-0.1, -0.05) is 210 Å². The second-order valence-electron chi connectivity index (χ2n) is 19.8. The van der Waals surface area contributed by atoms with Crippen LogP contribution in [0.2, 0.25) is 0 Å². The monoisotopic (exact) mass is 962 g/mol. The van der Waals surface area contributed by atoms with Crippen molar-refractivity contribution in [3.63, 3.8) is 0 Å². The molecule has 0 saturated carbocycles. The van der Waals surface area contributed by atoms with Crippen molar-refractivity contribution in [3.05, 3.63) is 60.8 Å². The van der Waals surface area contributed by atoms with Crippen LogP contribution in [0.5, 0.6) is 0 Å². The predicted octanol–water partition coefficient (Wildman–Crippen LogP) is 16.3. The van der Waals surface area contributed by atoms with Gasteiger partial charge in [-0.3, -0.25) is 18.6 Å². The van der Waals surface area contributed by atoms with Gasteiger partial charge in [-0.15, -0.1) is 0 Å². The van der Waals surface area contributed by atoms with Gasteiger partial charge in [0.2, 0.25) is 5.91 Å². The molecule has 10 heteroatoms. The second-order valence-corrected chi connectivity index (χ2v) is 21.2. The number of hydrogen-bond donors (Lipinski definition) is 2. The lowest BCUT2D eigenvalue weighted by Crippen LogP contribution is -2.47. The van der Waals surface area contributed by atoms with E-state index in [0.29, 0.717) is 23.9 Å². The number of unbranched alkanes of at least 4 members (excludes halogenated alkanes) is 27. The number of esters is 1. The third kappa shape index (κ3) is 48.5. The Balaban J connectivity index is 5.43. The number of hydrogen-bond acceptors (Lipinski definition) is 6. The Kier molecular flexibility index (Phi) is 45.8. The fraction of sp³-hybridized carbons (Fsp3) is 0.789. The van der Waals surface area contributed by atoms with Crippen molar-refractivity contribution in [1.29, 1.82) is 0 Å². The van der Waals surface area contributed by atoms with E-state index in [1.54, 1.807) is 0 Å². The average Bonchev–Trinajstić information content (AvgIpc) is 3.28. The summed E-state index contributed by atoms with van der Waals surface area (Å²) in [4.78, 5) is 37.5. The number of nitrogens with one attached hydrogen (secondary N) is 1. The van der Waals surface area contributed by atoms with Crippen LogP contribution >= 0.6 is 7.82 Å². The van der Waals surface area contributed by atoms with Crippen molar-refractivity contribution < 1.29 is 37.3 Å². The Morgan fingerprint density at radius 3 is 1.48 bits per heavy atom. The lowest BCUT2D eigenvalue weighted by atomic mass is 10.0. The first-order valence-corrected chi connectivity index (χ1v) is 29.1. The Labute approximate surface area is 413 Å². The Bertz CT molecular complexity index is 1340. The highest BCUT2D eigenvalue weighted by atomic mass is 31.2. The van der Waals surface area contributed by atoms with E-state index in [1.807, 2.05) is 33.3 Å². The first-order chi connectivity index (χ1) is 32.4. The van der Waals surface area contributed by atoms with Gasteiger partial charge in [0.15, 0.2) is 0 Å². The van der Waals surface area contributed by atoms with Crippen molar-refractivity contribution in [1.82, 2.24) is 5.32 Å². The molecular weight excluding hydrogens is 856 g/mol. The molecule has 390 valence electrons. The van der Waals surface area contributed by atoms with Crippen LogP contribution in [0.1, 0.15) is 239 Å². The van der Waals surface area contributed by atoms with Gasteiger partial charge < -0.3 is 19.4 Å². The fourth-order valence-electron chi connectivity index (χ4n) is 7.70. The maximum Gasteiger partial charge on any atom is 0.472 e. The highest BCUT2D eigenvalue weighted by molar-refractivity contribution is 7.47. The number of allylic oxidation sites excluding steroid dienone is 9. The van der Waals surface area contributed by atoms with Gasteiger partial charge >= 0.3 is 13.8 Å². The molecular formula is C57H106N2O7P+. The minimum absolute atomic E-state index is 0.0340. The number of likely N-dealkylation sites (N-methyl/N-ethyl adjacent to an activating group) is 1. The van der Waals surface area contributed by atoms with Crippen molar-refractivity contribution in [2.45, 2.75) is 251 Å². The highest BCUT2D eigenvalue weighted by Crippen LogP contribution is 2.43. The number of phosphoric acid groups is 1. The number of rotatable bonds is 49. The van der Waals surface area contributed by atoms with Crippen LogP contribution in [-0.4, -0.2) is 74.3 Å². The highest BCUT2D eigenvalue weighted by Gasteiger charge is 2.30. The van der Waals surface area contributed by atoms with Crippen LogP contribution in [0.15, 0.2) is 60.8 Å². The third-order valence-electron chi connectivity index (χ3n) is 12.0. The van der Waals surface area contributed by atoms with Gasteiger partial charge in [-0.05, 0) is 76.7 Å². The minimum atomic E-state index is -4.45. The topological polar surface area (TPSA) is 111 Å². The molecule has 0 saturated heterocycles. The van der Waals surface area contributed by atoms with Gasteiger partial charge in [-0.25, -0.2) is 4.57 Å². The summed E-state index contributed by atoms with van der Waals surface area (Å²) in [6, 6.07) is -0.860. The summed E-state index contributed by atoms with van der Waals surface area (Å²) in [5.41, 5.74) is 0. The molecule has 3 unspecified atom stereocenters. The third-order valence-corrected chi connectivity index (χ3v) is 13.0. The number of ether oxygens (including phenoxy) is 1. The van der Waals surface area contributed by atoms with Crippen LogP contribution in [0.3, 0.4) is 0 Å². The van der Waals surface area contributed by atoms with Crippen molar-refractivity contribution in [3.8, 4) is 0 Å². The summed E-state index contributed by atoms with van der Waals surface area (Å²) in [5.74, 6) is -0.538. The number of carbonyl (C=O) groups excluding carboxylic acids is 2. The van der Waals surface area contributed by atoms with Gasteiger partial charge in [0.25, 0.3) is 0 Å². The van der Waals surface area contributed by atoms with E-state index in [0.717, 1.165) is 83.5 Å². The zero-order chi connectivity index (χ0) is 49.4. The zero-order valence-electron chi connectivity index (χ0n) is 44.4. The molecule has 0 aromatic carbocycles. The van der Waals surface area contributed by atoms with E-state index in [4.69, 9.17) is 13.8 Å². The van der Waals surface area contributed by atoms with Gasteiger partial charge in [0.05, 0.1) is 33.8 Å². The number of phosphoric ester groups is 1. The zero-order valence-corrected chi connectivity index (χ0v) is 45.3. The maximum absolute atomic E-state index is 13.5. The van der Waals surface area contributed by atoms with Crippen LogP contribution in [-0.2, 0) is 27.9 Å². The predicted molar refractivity (Wildman–Crippen MR) is 286 cm³/mol. The van der Waals surface area contributed by atoms with E-state index < -0.39 is 20.0 Å². The first kappa shape index (κ1) is 64.7. The van der Waals surface area contributed by atoms with E-state index in [1.165, 1.54) is 116 Å². The molecule has 0 aromatic heterocycles. The Morgan fingerprint density at radius 1 is 0.537 bits per heavy atom. The average molecular weight is 962 g/mol. The molecule has 0 spiro atoms. The van der Waals surface area contributed by atoms with Crippen molar-refractivity contribution in [2.24, 2.45) is 0 Å². The molecule has 1 amide bonds. The van der Waals surface area contributed by atoms with Crippen molar-refractivity contribution >= 4 is 19.7 Å². The molecule has 0 bridgehead atoms. The van der Waals surface area contributed by atoms with Crippen LogP contribution in [0.4, 0.5) is 0 Å². The van der Waals surface area contributed by atoms with Crippen LogP contribution < -0.4 is 5.32 Å². The lowest BCUT2D eigenvalue weighted by Gasteiger charge is -2.27. The summed E-state index contributed by atoms with van der Waals surface area (Å²) >= 11 is 0. The molecule has 0 radical (unpaired) electrons. The van der Waals surface area contributed by atoms with E-state index in [-0.39, 0.29) is 31.5 Å². The molecule has 67 heavy (non-hydrogen) atoms. The van der Waals surface area contributed by atoms with E-state index in [9.17, 15) is 19.0 Å². The molecule has 3 atom stereocenters. The first-order valence-electron chi connectivity index (χ1n) is 27.6. The van der Waals surface area contributed by atoms with Crippen molar-refractivity contribution in [2.75, 3.05) is 40.9 Å². The molecule has 0 aliphatic heterocycles. The summed E-state index contributed by atoms with van der Waals surface area (Å²) < 4.78 is 30.5. The van der Waals surface area contributed by atoms with Gasteiger partial charge in [0.1, 0.15) is 19.3 Å². The summed E-state index contributed by atoms with van der Waals surface area (Å²) in [6.07, 6.45) is 57.8. The van der Waals surface area contributed by atoms with Crippen LogP contribution in [0, 0.1) is 0 Å². The van der Waals surface area contributed by atoms with Gasteiger partial charge in [-0.2, -0.15) is 0 Å². The fourth-order valence-corrected chi connectivity index (χ4v) is 8.43. The molecule has 2 N–H and O–H groups in total. The van der Waals surface area contributed by atoms with Crippen LogP contribution in [0.25, 0.3) is 0 Å². The molecule has 0 rings (SSSR count). The van der Waals surface area contributed by atoms with E-state index in [2.05, 4.69) is 74.7 Å². The normalized spacial score (nSPS) is 14.3. The Morgan fingerprint density at radius 2 is 0.970 bits per heavy atom. The maximum atomic E-state index is 13.5. The molecule has 9 nitrogen and oxygen atoms in total. The smallest absolute Gasteiger partial charge is 0.456 e. The number of amides is 1. The number of carbonyl (C=O) groups is 2. The lowest BCUT2D eigenvalue weighted by molar-refractivity contribution is -0.870. The minimum Gasteiger partial charge on any atom is -0.456 e. The molecule has 0 aliphatic rings.